The summed E-state index contributed by atoms with van der Waals surface area (Å²) in [5, 5.41) is 0. The molecule has 4 rings (SSSR count). The number of amides is 1. The highest BCUT2D eigenvalue weighted by molar-refractivity contribution is 5.94. The van der Waals surface area contributed by atoms with Gasteiger partial charge in [0.05, 0.1) is 7.11 Å². The van der Waals surface area contributed by atoms with Crippen LogP contribution in [0.1, 0.15) is 71.2 Å². The summed E-state index contributed by atoms with van der Waals surface area (Å²) in [6.07, 6.45) is 6.42. The van der Waals surface area contributed by atoms with Crippen molar-refractivity contribution in [1.29, 1.82) is 0 Å². The number of methoxy groups -OCH3 is 1. The Morgan fingerprint density at radius 1 is 0.892 bits per heavy atom. The molecule has 6 nitrogen and oxygen atoms in total. The first-order valence-electron chi connectivity index (χ1n) is 13.6. The third kappa shape index (κ3) is 6.88. The lowest BCUT2D eigenvalue weighted by molar-refractivity contribution is 0.0767. The van der Waals surface area contributed by atoms with Crippen molar-refractivity contribution in [1.82, 2.24) is 14.9 Å². The zero-order valence-corrected chi connectivity index (χ0v) is 22.8. The standard InChI is InChI=1S/C31H40N4O2/c1-5-6-7-9-25-10-14-27(15-11-25)31(36)35-19-8-18-34(20-21-35)30-29(23(2)32-24(3)33-30)22-26-12-16-28(37-4)17-13-26/h10-17H,5-9,18-22H2,1-4H3. The highest BCUT2D eigenvalue weighted by atomic mass is 16.5. The number of aromatic nitrogens is 2. The first kappa shape index (κ1) is 26.6. The van der Waals surface area contributed by atoms with Gasteiger partial charge in [-0.05, 0) is 68.5 Å². The van der Waals surface area contributed by atoms with Gasteiger partial charge in [0.2, 0.25) is 0 Å². The lowest BCUT2D eigenvalue weighted by atomic mass is 10.0. The molecule has 37 heavy (non-hydrogen) atoms. The minimum atomic E-state index is 0.121. The third-order valence-corrected chi connectivity index (χ3v) is 7.20. The minimum Gasteiger partial charge on any atom is -0.497 e. The molecule has 2 heterocycles. The van der Waals surface area contributed by atoms with Crippen LogP contribution in [0.25, 0.3) is 0 Å². The van der Waals surface area contributed by atoms with E-state index in [9.17, 15) is 4.79 Å². The summed E-state index contributed by atoms with van der Waals surface area (Å²) in [6, 6.07) is 16.4. The molecule has 1 aromatic heterocycles. The van der Waals surface area contributed by atoms with E-state index in [1.165, 1.54) is 30.4 Å². The topological polar surface area (TPSA) is 58.6 Å². The number of hydrogen-bond donors (Lipinski definition) is 0. The summed E-state index contributed by atoms with van der Waals surface area (Å²) in [5.74, 6) is 2.74. The Kier molecular flexibility index (Phi) is 9.15. The highest BCUT2D eigenvalue weighted by Crippen LogP contribution is 2.26. The van der Waals surface area contributed by atoms with E-state index in [-0.39, 0.29) is 5.91 Å². The largest absolute Gasteiger partial charge is 0.497 e. The molecule has 0 aliphatic carbocycles. The second-order valence-corrected chi connectivity index (χ2v) is 9.97. The van der Waals surface area contributed by atoms with Gasteiger partial charge in [-0.15, -0.1) is 0 Å². The predicted molar refractivity (Wildman–Crippen MR) is 150 cm³/mol. The summed E-state index contributed by atoms with van der Waals surface area (Å²) >= 11 is 0. The van der Waals surface area contributed by atoms with Crippen LogP contribution in [0, 0.1) is 13.8 Å². The fraction of sp³-hybridized carbons (Fsp3) is 0.452. The Bertz CT molecular complexity index is 1180. The predicted octanol–water partition coefficient (Wildman–Crippen LogP) is 5.78. The molecule has 1 aliphatic rings. The number of nitrogens with zero attached hydrogens (tertiary/aromatic N) is 4. The number of rotatable bonds is 9. The Morgan fingerprint density at radius 2 is 1.62 bits per heavy atom. The fourth-order valence-electron chi connectivity index (χ4n) is 5.04. The van der Waals surface area contributed by atoms with Crippen LogP contribution >= 0.6 is 0 Å². The van der Waals surface area contributed by atoms with Gasteiger partial charge in [-0.2, -0.15) is 0 Å². The van der Waals surface area contributed by atoms with E-state index in [4.69, 9.17) is 9.72 Å². The van der Waals surface area contributed by atoms with Gasteiger partial charge in [-0.3, -0.25) is 4.79 Å². The number of carbonyl (C=O) groups excluding carboxylic acids is 1. The quantitative estimate of drug-likeness (QED) is 0.349. The summed E-state index contributed by atoms with van der Waals surface area (Å²) in [6.45, 7) is 9.30. The number of carbonyl (C=O) groups is 1. The molecule has 0 N–H and O–H groups in total. The van der Waals surface area contributed by atoms with Crippen molar-refractivity contribution in [3.8, 4) is 5.75 Å². The second kappa shape index (κ2) is 12.7. The molecule has 0 saturated carbocycles. The number of anilines is 1. The SMILES string of the molecule is CCCCCc1ccc(C(=O)N2CCCN(c3nc(C)nc(C)c3Cc3ccc(OC)cc3)CC2)cc1. The summed E-state index contributed by atoms with van der Waals surface area (Å²) in [5.41, 5.74) is 5.44. The lowest BCUT2D eigenvalue weighted by Gasteiger charge is -2.26. The number of aryl methyl sites for hydroxylation is 3. The monoisotopic (exact) mass is 500 g/mol. The smallest absolute Gasteiger partial charge is 0.253 e. The van der Waals surface area contributed by atoms with Gasteiger partial charge >= 0.3 is 0 Å². The van der Waals surface area contributed by atoms with Crippen LogP contribution in [-0.2, 0) is 12.8 Å². The molecular weight excluding hydrogens is 460 g/mol. The lowest BCUT2D eigenvalue weighted by Crippen LogP contribution is -2.35. The van der Waals surface area contributed by atoms with Crippen molar-refractivity contribution in [2.75, 3.05) is 38.2 Å². The highest BCUT2D eigenvalue weighted by Gasteiger charge is 2.24. The summed E-state index contributed by atoms with van der Waals surface area (Å²) in [4.78, 5) is 27.2. The van der Waals surface area contributed by atoms with Gasteiger partial charge in [-0.1, -0.05) is 44.0 Å². The van der Waals surface area contributed by atoms with Crippen molar-refractivity contribution in [2.24, 2.45) is 0 Å². The van der Waals surface area contributed by atoms with Crippen molar-refractivity contribution in [3.63, 3.8) is 0 Å². The van der Waals surface area contributed by atoms with E-state index < -0.39 is 0 Å². The van der Waals surface area contributed by atoms with Crippen LogP contribution in [0.15, 0.2) is 48.5 Å². The van der Waals surface area contributed by atoms with Gasteiger partial charge in [-0.25, -0.2) is 9.97 Å². The van der Waals surface area contributed by atoms with Crippen molar-refractivity contribution in [3.05, 3.63) is 82.3 Å². The molecule has 0 unspecified atom stereocenters. The van der Waals surface area contributed by atoms with Crippen molar-refractivity contribution >= 4 is 11.7 Å². The van der Waals surface area contributed by atoms with Gasteiger partial charge in [0.15, 0.2) is 0 Å². The maximum Gasteiger partial charge on any atom is 0.253 e. The van der Waals surface area contributed by atoms with E-state index in [2.05, 4.69) is 48.0 Å². The molecule has 2 aromatic carbocycles. The van der Waals surface area contributed by atoms with Gasteiger partial charge in [0.1, 0.15) is 17.4 Å². The molecule has 1 aliphatic heterocycles. The molecule has 196 valence electrons. The van der Waals surface area contributed by atoms with Crippen molar-refractivity contribution < 1.29 is 9.53 Å². The van der Waals surface area contributed by atoms with E-state index in [1.54, 1.807) is 7.11 Å². The van der Waals surface area contributed by atoms with Crippen LogP contribution < -0.4 is 9.64 Å². The van der Waals surface area contributed by atoms with Crippen LogP contribution in [0.5, 0.6) is 5.75 Å². The summed E-state index contributed by atoms with van der Waals surface area (Å²) in [7, 11) is 1.68. The molecule has 3 aromatic rings. The Morgan fingerprint density at radius 3 is 2.32 bits per heavy atom. The summed E-state index contributed by atoms with van der Waals surface area (Å²) < 4.78 is 5.31. The van der Waals surface area contributed by atoms with E-state index in [1.807, 2.05) is 36.1 Å². The number of ether oxygens (including phenoxy) is 1. The normalized spacial score (nSPS) is 13.9. The maximum atomic E-state index is 13.3. The number of benzene rings is 2. The van der Waals surface area contributed by atoms with Gasteiger partial charge < -0.3 is 14.5 Å². The zero-order valence-electron chi connectivity index (χ0n) is 22.8. The molecule has 0 radical (unpaired) electrons. The van der Waals surface area contributed by atoms with Gasteiger partial charge in [0, 0.05) is 49.4 Å². The van der Waals surface area contributed by atoms with E-state index in [0.29, 0.717) is 6.54 Å². The number of unbranched alkanes of at least 4 members (excludes halogenated alkanes) is 2. The zero-order chi connectivity index (χ0) is 26.2. The van der Waals surface area contributed by atoms with E-state index >= 15 is 0 Å². The van der Waals surface area contributed by atoms with Crippen molar-refractivity contribution in [2.45, 2.75) is 59.3 Å². The molecule has 1 amide bonds. The Labute approximate surface area is 221 Å². The molecule has 0 bridgehead atoms. The molecule has 6 heteroatoms. The molecule has 1 fully saturated rings. The number of hydrogen-bond acceptors (Lipinski definition) is 5. The minimum absolute atomic E-state index is 0.121. The molecule has 0 atom stereocenters. The molecular formula is C31H40N4O2. The average molecular weight is 501 g/mol. The fourth-order valence-corrected chi connectivity index (χ4v) is 5.04. The van der Waals surface area contributed by atoms with Crippen LogP contribution in [0.3, 0.4) is 0 Å². The third-order valence-electron chi connectivity index (χ3n) is 7.20. The van der Waals surface area contributed by atoms with Gasteiger partial charge in [0.25, 0.3) is 5.91 Å². The maximum absolute atomic E-state index is 13.3. The van der Waals surface area contributed by atoms with Crippen LogP contribution in [-0.4, -0.2) is 54.1 Å². The van der Waals surface area contributed by atoms with E-state index in [0.717, 1.165) is 73.1 Å². The Hall–Kier alpha value is -3.41. The first-order chi connectivity index (χ1) is 18.0. The second-order valence-electron chi connectivity index (χ2n) is 9.97. The molecule has 0 spiro atoms. The van der Waals surface area contributed by atoms with Crippen LogP contribution in [0.4, 0.5) is 5.82 Å². The first-order valence-corrected chi connectivity index (χ1v) is 13.6. The average Bonchev–Trinajstić information content (AvgIpc) is 3.17. The van der Waals surface area contributed by atoms with Crippen LogP contribution in [0.2, 0.25) is 0 Å². The Balaban J connectivity index is 1.46. The molecule has 1 saturated heterocycles.